The van der Waals surface area contributed by atoms with Gasteiger partial charge in [0.1, 0.15) is 17.3 Å². The summed E-state index contributed by atoms with van der Waals surface area (Å²) in [5.74, 6) is 0.572. The molecule has 0 aromatic heterocycles. The number of nitrogens with one attached hydrogen (secondary N) is 1. The fraction of sp³-hybridized carbons (Fsp3) is 0.278. The SMILES string of the molecule is COc1cc(OC)c(NC(=O)CSC(C)c2ccccc2F)cc1Cl. The van der Waals surface area contributed by atoms with Crippen LogP contribution in [0.2, 0.25) is 5.02 Å². The average Bonchev–Trinajstić information content (AvgIpc) is 2.60. The fourth-order valence-corrected chi connectivity index (χ4v) is 3.32. The average molecular weight is 384 g/mol. The van der Waals surface area contributed by atoms with Gasteiger partial charge < -0.3 is 14.8 Å². The van der Waals surface area contributed by atoms with E-state index >= 15 is 0 Å². The van der Waals surface area contributed by atoms with Gasteiger partial charge in [-0.05, 0) is 19.1 Å². The molecular weight excluding hydrogens is 365 g/mol. The predicted molar refractivity (Wildman–Crippen MR) is 100 cm³/mol. The standard InChI is InChI=1S/C18H19ClFNO3S/c1-11(12-6-4-5-7-14(12)20)25-10-18(22)21-15-8-13(19)16(23-2)9-17(15)24-3/h4-9,11H,10H2,1-3H3,(H,21,22). The van der Waals surface area contributed by atoms with E-state index in [9.17, 15) is 9.18 Å². The summed E-state index contributed by atoms with van der Waals surface area (Å²) in [5, 5.41) is 2.98. The highest BCUT2D eigenvalue weighted by Gasteiger charge is 2.15. The zero-order valence-electron chi connectivity index (χ0n) is 14.1. The molecule has 1 amide bonds. The summed E-state index contributed by atoms with van der Waals surface area (Å²) in [6.45, 7) is 1.86. The molecule has 0 saturated carbocycles. The Morgan fingerprint density at radius 1 is 1.24 bits per heavy atom. The van der Waals surface area contributed by atoms with Gasteiger partial charge in [-0.2, -0.15) is 0 Å². The van der Waals surface area contributed by atoms with Crippen molar-refractivity contribution in [2.45, 2.75) is 12.2 Å². The summed E-state index contributed by atoms with van der Waals surface area (Å²) in [4.78, 5) is 12.2. The minimum atomic E-state index is -0.272. The molecule has 0 heterocycles. The molecule has 2 rings (SSSR count). The number of carbonyl (C=O) groups excluding carboxylic acids is 1. The van der Waals surface area contributed by atoms with E-state index in [1.165, 1.54) is 32.0 Å². The van der Waals surface area contributed by atoms with Crippen molar-refractivity contribution < 1.29 is 18.7 Å². The highest BCUT2D eigenvalue weighted by molar-refractivity contribution is 8.00. The first kappa shape index (κ1) is 19.4. The summed E-state index contributed by atoms with van der Waals surface area (Å²) >= 11 is 7.43. The summed E-state index contributed by atoms with van der Waals surface area (Å²) in [5.41, 5.74) is 1.03. The molecule has 0 aliphatic carbocycles. The quantitative estimate of drug-likeness (QED) is 0.736. The molecule has 25 heavy (non-hydrogen) atoms. The lowest BCUT2D eigenvalue weighted by atomic mass is 10.1. The van der Waals surface area contributed by atoms with Gasteiger partial charge in [-0.15, -0.1) is 11.8 Å². The van der Waals surface area contributed by atoms with Crippen LogP contribution in [-0.2, 0) is 4.79 Å². The number of halogens is 2. The number of methoxy groups -OCH3 is 2. The second kappa shape index (κ2) is 8.97. The fourth-order valence-electron chi connectivity index (χ4n) is 2.24. The van der Waals surface area contributed by atoms with Gasteiger partial charge in [0.05, 0.1) is 30.7 Å². The maximum absolute atomic E-state index is 13.8. The van der Waals surface area contributed by atoms with Crippen molar-refractivity contribution in [1.29, 1.82) is 0 Å². The normalized spacial score (nSPS) is 11.7. The smallest absolute Gasteiger partial charge is 0.234 e. The molecule has 0 saturated heterocycles. The van der Waals surface area contributed by atoms with E-state index in [1.807, 2.05) is 6.92 Å². The van der Waals surface area contributed by atoms with Crippen molar-refractivity contribution in [1.82, 2.24) is 0 Å². The van der Waals surface area contributed by atoms with Crippen LogP contribution in [0.15, 0.2) is 36.4 Å². The van der Waals surface area contributed by atoms with Crippen LogP contribution in [0.25, 0.3) is 0 Å². The molecule has 1 N–H and O–H groups in total. The first-order valence-corrected chi connectivity index (χ1v) is 8.96. The Kier molecular flexibility index (Phi) is 6.96. The number of hydrogen-bond donors (Lipinski definition) is 1. The van der Waals surface area contributed by atoms with Gasteiger partial charge in [0, 0.05) is 16.9 Å². The number of ether oxygens (including phenoxy) is 2. The minimum absolute atomic E-state index is 0.145. The topological polar surface area (TPSA) is 47.6 Å². The van der Waals surface area contributed by atoms with Gasteiger partial charge in [0.15, 0.2) is 0 Å². The van der Waals surface area contributed by atoms with E-state index in [0.29, 0.717) is 27.8 Å². The van der Waals surface area contributed by atoms with Crippen LogP contribution in [0.5, 0.6) is 11.5 Å². The van der Waals surface area contributed by atoms with Crippen LogP contribution >= 0.6 is 23.4 Å². The highest BCUT2D eigenvalue weighted by Crippen LogP contribution is 2.36. The Hall–Kier alpha value is -1.92. The second-order valence-electron chi connectivity index (χ2n) is 5.21. The van der Waals surface area contributed by atoms with Crippen molar-refractivity contribution in [3.63, 3.8) is 0 Å². The Labute approximate surface area is 155 Å². The summed E-state index contributed by atoms with van der Waals surface area (Å²) in [6.07, 6.45) is 0. The molecule has 0 aliphatic heterocycles. The third kappa shape index (κ3) is 5.03. The van der Waals surface area contributed by atoms with Crippen LogP contribution in [0, 0.1) is 5.82 Å². The Morgan fingerprint density at radius 3 is 2.56 bits per heavy atom. The van der Waals surface area contributed by atoms with Gasteiger partial charge in [-0.3, -0.25) is 4.79 Å². The van der Waals surface area contributed by atoms with Gasteiger partial charge in [0.2, 0.25) is 5.91 Å². The molecule has 7 heteroatoms. The van der Waals surface area contributed by atoms with Crippen LogP contribution in [-0.4, -0.2) is 25.9 Å². The summed E-state index contributed by atoms with van der Waals surface area (Å²) < 4.78 is 24.1. The van der Waals surface area contributed by atoms with E-state index in [0.717, 1.165) is 0 Å². The lowest BCUT2D eigenvalue weighted by Crippen LogP contribution is -2.15. The van der Waals surface area contributed by atoms with E-state index in [-0.39, 0.29) is 22.7 Å². The van der Waals surface area contributed by atoms with E-state index in [4.69, 9.17) is 21.1 Å². The monoisotopic (exact) mass is 383 g/mol. The van der Waals surface area contributed by atoms with Gasteiger partial charge >= 0.3 is 0 Å². The number of rotatable bonds is 7. The van der Waals surface area contributed by atoms with Gasteiger partial charge in [-0.1, -0.05) is 29.8 Å². The number of anilines is 1. The zero-order valence-corrected chi connectivity index (χ0v) is 15.7. The first-order chi connectivity index (χ1) is 12.0. The number of amides is 1. The third-order valence-electron chi connectivity index (χ3n) is 3.56. The highest BCUT2D eigenvalue weighted by atomic mass is 35.5. The number of hydrogen-bond acceptors (Lipinski definition) is 4. The molecule has 1 unspecified atom stereocenters. The van der Waals surface area contributed by atoms with E-state index in [1.54, 1.807) is 30.3 Å². The molecule has 4 nitrogen and oxygen atoms in total. The molecule has 0 bridgehead atoms. The molecule has 2 aromatic rings. The molecule has 0 spiro atoms. The molecule has 0 fully saturated rings. The van der Waals surface area contributed by atoms with Crippen molar-refractivity contribution in [2.24, 2.45) is 0 Å². The zero-order chi connectivity index (χ0) is 18.4. The Morgan fingerprint density at radius 2 is 1.92 bits per heavy atom. The maximum atomic E-state index is 13.8. The van der Waals surface area contributed by atoms with Gasteiger partial charge in [0.25, 0.3) is 0 Å². The third-order valence-corrected chi connectivity index (χ3v) is 5.03. The second-order valence-corrected chi connectivity index (χ2v) is 6.95. The van der Waals surface area contributed by atoms with Crippen molar-refractivity contribution in [2.75, 3.05) is 25.3 Å². The predicted octanol–water partition coefficient (Wildman–Crippen LogP) is 4.93. The van der Waals surface area contributed by atoms with Crippen LogP contribution in [0.4, 0.5) is 10.1 Å². The molecular formula is C18H19ClFNO3S. The molecule has 0 radical (unpaired) electrons. The number of benzene rings is 2. The van der Waals surface area contributed by atoms with E-state index < -0.39 is 0 Å². The van der Waals surface area contributed by atoms with Crippen LogP contribution < -0.4 is 14.8 Å². The minimum Gasteiger partial charge on any atom is -0.495 e. The van der Waals surface area contributed by atoms with Crippen LogP contribution in [0.1, 0.15) is 17.7 Å². The van der Waals surface area contributed by atoms with Crippen molar-refractivity contribution >= 4 is 35.0 Å². The Bertz CT molecular complexity index is 757. The number of thioether (sulfide) groups is 1. The summed E-state index contributed by atoms with van der Waals surface area (Å²) in [7, 11) is 2.99. The van der Waals surface area contributed by atoms with Crippen molar-refractivity contribution in [3.05, 3.63) is 52.8 Å². The molecule has 1 atom stereocenters. The first-order valence-electron chi connectivity index (χ1n) is 7.53. The largest absolute Gasteiger partial charge is 0.495 e. The lowest BCUT2D eigenvalue weighted by molar-refractivity contribution is -0.113. The van der Waals surface area contributed by atoms with Crippen LogP contribution in [0.3, 0.4) is 0 Å². The summed E-state index contributed by atoms with van der Waals surface area (Å²) in [6, 6.07) is 9.73. The lowest BCUT2D eigenvalue weighted by Gasteiger charge is -2.15. The van der Waals surface area contributed by atoms with E-state index in [2.05, 4.69) is 5.32 Å². The number of carbonyl (C=O) groups is 1. The Balaban J connectivity index is 2.01. The van der Waals surface area contributed by atoms with Crippen molar-refractivity contribution in [3.8, 4) is 11.5 Å². The maximum Gasteiger partial charge on any atom is 0.234 e. The molecule has 2 aromatic carbocycles. The molecule has 0 aliphatic rings. The van der Waals surface area contributed by atoms with Gasteiger partial charge in [-0.25, -0.2) is 4.39 Å². The molecule has 134 valence electrons.